The van der Waals surface area contributed by atoms with E-state index >= 15 is 0 Å². The molecule has 1 aromatic carbocycles. The van der Waals surface area contributed by atoms with Crippen LogP contribution in [0.1, 0.15) is 11.3 Å². The van der Waals surface area contributed by atoms with Crippen molar-refractivity contribution in [2.75, 3.05) is 0 Å². The number of carbonyl (C=O) groups is 1. The monoisotopic (exact) mass is 356 g/mol. The lowest BCUT2D eigenvalue weighted by Gasteiger charge is -2.09. The normalized spacial score (nSPS) is 10.5. The predicted octanol–water partition coefficient (Wildman–Crippen LogP) is 2.53. The molecule has 2 amide bonds. The van der Waals surface area contributed by atoms with Gasteiger partial charge in [0, 0.05) is 42.8 Å². The number of hydrogen-bond donors (Lipinski definition) is 2. The first-order chi connectivity index (χ1) is 12.1. The topological polar surface area (TPSA) is 84.7 Å². The molecule has 7 nitrogen and oxygen atoms in total. The summed E-state index contributed by atoms with van der Waals surface area (Å²) >= 11 is 5.84. The Balaban J connectivity index is 1.58. The van der Waals surface area contributed by atoms with Crippen LogP contribution >= 0.6 is 11.6 Å². The summed E-state index contributed by atoms with van der Waals surface area (Å²) in [6, 6.07) is 7.03. The zero-order chi connectivity index (χ0) is 17.6. The van der Waals surface area contributed by atoms with E-state index in [1.165, 1.54) is 0 Å². The Bertz CT molecular complexity index is 862. The molecular weight excluding hydrogens is 340 g/mol. The molecule has 3 aromatic rings. The van der Waals surface area contributed by atoms with Gasteiger partial charge in [-0.1, -0.05) is 23.7 Å². The van der Waals surface area contributed by atoms with Crippen LogP contribution in [0.3, 0.4) is 0 Å². The second kappa shape index (κ2) is 7.76. The smallest absolute Gasteiger partial charge is 0.315 e. The summed E-state index contributed by atoms with van der Waals surface area (Å²) in [6.07, 6.45) is 6.79. The third kappa shape index (κ3) is 4.54. The van der Waals surface area contributed by atoms with Crippen LogP contribution in [0.15, 0.2) is 49.1 Å². The Morgan fingerprint density at radius 2 is 1.84 bits per heavy atom. The van der Waals surface area contributed by atoms with Gasteiger partial charge in [0.15, 0.2) is 0 Å². The number of nitrogens with one attached hydrogen (secondary N) is 2. The molecule has 0 unspecified atom stereocenters. The summed E-state index contributed by atoms with van der Waals surface area (Å²) in [7, 11) is 1.84. The molecule has 0 fully saturated rings. The van der Waals surface area contributed by atoms with Crippen molar-refractivity contribution in [3.05, 3.63) is 65.3 Å². The number of nitrogens with zero attached hydrogens (tertiary/aromatic N) is 4. The van der Waals surface area contributed by atoms with E-state index in [1.807, 2.05) is 25.4 Å². The average molecular weight is 357 g/mol. The first-order valence-corrected chi connectivity index (χ1v) is 8.04. The standard InChI is InChI=1S/C17H17ClN6O/c1-24-11-13(9-23-24)16-15(19-6-7-20-16)10-22-17(25)21-8-12-2-4-14(18)5-3-12/h2-7,9,11H,8,10H2,1H3,(H2,21,22,25). The molecule has 3 rings (SSSR count). The van der Waals surface area contributed by atoms with Gasteiger partial charge in [0.2, 0.25) is 0 Å². The maximum absolute atomic E-state index is 12.0. The van der Waals surface area contributed by atoms with E-state index in [1.54, 1.807) is 35.4 Å². The minimum Gasteiger partial charge on any atom is -0.334 e. The second-order valence-corrected chi connectivity index (χ2v) is 5.85. The largest absolute Gasteiger partial charge is 0.334 e. The highest BCUT2D eigenvalue weighted by molar-refractivity contribution is 6.30. The number of aryl methyl sites for hydroxylation is 1. The Morgan fingerprint density at radius 1 is 1.12 bits per heavy atom. The molecule has 25 heavy (non-hydrogen) atoms. The van der Waals surface area contributed by atoms with Gasteiger partial charge in [0.05, 0.1) is 24.1 Å². The van der Waals surface area contributed by atoms with Crippen molar-refractivity contribution in [3.63, 3.8) is 0 Å². The van der Waals surface area contributed by atoms with E-state index in [9.17, 15) is 4.79 Å². The van der Waals surface area contributed by atoms with Crippen LogP contribution in [-0.2, 0) is 20.1 Å². The molecule has 0 bridgehead atoms. The first-order valence-electron chi connectivity index (χ1n) is 7.67. The molecule has 0 spiro atoms. The lowest BCUT2D eigenvalue weighted by Crippen LogP contribution is -2.34. The molecule has 0 aliphatic heterocycles. The van der Waals surface area contributed by atoms with Crippen molar-refractivity contribution in [1.82, 2.24) is 30.4 Å². The Hall–Kier alpha value is -2.93. The van der Waals surface area contributed by atoms with E-state index in [4.69, 9.17) is 11.6 Å². The third-order valence-electron chi connectivity index (χ3n) is 3.54. The third-order valence-corrected chi connectivity index (χ3v) is 3.79. The maximum atomic E-state index is 12.0. The predicted molar refractivity (Wildman–Crippen MR) is 94.8 cm³/mol. The van der Waals surface area contributed by atoms with Crippen molar-refractivity contribution >= 4 is 17.6 Å². The molecule has 0 aliphatic carbocycles. The van der Waals surface area contributed by atoms with E-state index in [2.05, 4.69) is 25.7 Å². The Morgan fingerprint density at radius 3 is 2.56 bits per heavy atom. The number of halogens is 1. The van der Waals surface area contributed by atoms with Crippen LogP contribution < -0.4 is 10.6 Å². The molecule has 0 atom stereocenters. The fraction of sp³-hybridized carbons (Fsp3) is 0.176. The minimum absolute atomic E-state index is 0.268. The van der Waals surface area contributed by atoms with Crippen molar-refractivity contribution in [1.29, 1.82) is 0 Å². The van der Waals surface area contributed by atoms with Crippen molar-refractivity contribution < 1.29 is 4.79 Å². The van der Waals surface area contributed by atoms with Crippen molar-refractivity contribution in [3.8, 4) is 11.3 Å². The first kappa shape index (κ1) is 16.9. The summed E-state index contributed by atoms with van der Waals surface area (Å²) in [5.41, 5.74) is 3.20. The van der Waals surface area contributed by atoms with Crippen LogP contribution in [0.2, 0.25) is 5.02 Å². The number of urea groups is 1. The van der Waals surface area contributed by atoms with Gasteiger partial charge >= 0.3 is 6.03 Å². The van der Waals surface area contributed by atoms with Crippen molar-refractivity contribution in [2.24, 2.45) is 7.05 Å². The quantitative estimate of drug-likeness (QED) is 0.735. The SMILES string of the molecule is Cn1cc(-c2nccnc2CNC(=O)NCc2ccc(Cl)cc2)cn1. The molecule has 0 aliphatic rings. The Kier molecular flexibility index (Phi) is 5.25. The van der Waals surface area contributed by atoms with Gasteiger partial charge in [-0.3, -0.25) is 14.6 Å². The molecule has 0 radical (unpaired) electrons. The number of rotatable bonds is 5. The van der Waals surface area contributed by atoms with Gasteiger partial charge in [0.25, 0.3) is 0 Å². The molecule has 8 heteroatoms. The van der Waals surface area contributed by atoms with E-state index in [0.717, 1.165) is 11.1 Å². The summed E-state index contributed by atoms with van der Waals surface area (Å²) in [5.74, 6) is 0. The molecule has 128 valence electrons. The fourth-order valence-corrected chi connectivity index (χ4v) is 2.42. The van der Waals surface area contributed by atoms with Gasteiger partial charge in [-0.25, -0.2) is 4.79 Å². The van der Waals surface area contributed by atoms with E-state index in [-0.39, 0.29) is 12.6 Å². The molecule has 0 saturated heterocycles. The Labute approximate surface area is 150 Å². The highest BCUT2D eigenvalue weighted by atomic mass is 35.5. The van der Waals surface area contributed by atoms with E-state index < -0.39 is 0 Å². The van der Waals surface area contributed by atoms with Crippen LogP contribution in [-0.4, -0.2) is 25.8 Å². The highest BCUT2D eigenvalue weighted by Crippen LogP contribution is 2.18. The number of amides is 2. The summed E-state index contributed by atoms with van der Waals surface area (Å²) in [6.45, 7) is 0.684. The number of carbonyl (C=O) groups excluding carboxylic acids is 1. The van der Waals surface area contributed by atoms with Crippen LogP contribution in [0.5, 0.6) is 0 Å². The van der Waals surface area contributed by atoms with Crippen molar-refractivity contribution in [2.45, 2.75) is 13.1 Å². The minimum atomic E-state index is -0.280. The molecule has 2 heterocycles. The summed E-state index contributed by atoms with van der Waals surface area (Å²) < 4.78 is 1.69. The van der Waals surface area contributed by atoms with E-state index in [0.29, 0.717) is 23.0 Å². The lowest BCUT2D eigenvalue weighted by atomic mass is 10.2. The molecule has 0 saturated carbocycles. The van der Waals surface area contributed by atoms with Crippen LogP contribution in [0.4, 0.5) is 4.79 Å². The zero-order valence-corrected chi connectivity index (χ0v) is 14.4. The highest BCUT2D eigenvalue weighted by Gasteiger charge is 2.10. The van der Waals surface area contributed by atoms with Gasteiger partial charge in [-0.2, -0.15) is 5.10 Å². The maximum Gasteiger partial charge on any atom is 0.315 e. The number of hydrogen-bond acceptors (Lipinski definition) is 4. The molecule has 2 aromatic heterocycles. The zero-order valence-electron chi connectivity index (χ0n) is 13.6. The molecular formula is C17H17ClN6O. The van der Waals surface area contributed by atoms with Gasteiger partial charge < -0.3 is 10.6 Å². The van der Waals surface area contributed by atoms with Gasteiger partial charge in [-0.05, 0) is 17.7 Å². The fourth-order valence-electron chi connectivity index (χ4n) is 2.29. The number of benzene rings is 1. The van der Waals surface area contributed by atoms with Gasteiger partial charge in [-0.15, -0.1) is 0 Å². The van der Waals surface area contributed by atoms with Crippen LogP contribution in [0.25, 0.3) is 11.3 Å². The molecule has 2 N–H and O–H groups in total. The second-order valence-electron chi connectivity index (χ2n) is 5.42. The van der Waals surface area contributed by atoms with Gasteiger partial charge in [0.1, 0.15) is 0 Å². The van der Waals surface area contributed by atoms with Crippen LogP contribution in [0, 0.1) is 0 Å². The lowest BCUT2D eigenvalue weighted by molar-refractivity contribution is 0.240. The average Bonchev–Trinajstić information content (AvgIpc) is 3.06. The number of aromatic nitrogens is 4. The summed E-state index contributed by atoms with van der Waals surface area (Å²) in [4.78, 5) is 20.6. The summed E-state index contributed by atoms with van der Waals surface area (Å²) in [5, 5.41) is 10.4.